The quantitative estimate of drug-likeness (QED) is 0.814. The third-order valence-corrected chi connectivity index (χ3v) is 4.54. The van der Waals surface area contributed by atoms with Crippen LogP contribution in [0.25, 0.3) is 0 Å². The van der Waals surface area contributed by atoms with E-state index in [2.05, 4.69) is 10.2 Å². The molecule has 1 aliphatic heterocycles. The van der Waals surface area contributed by atoms with Gasteiger partial charge in [0.15, 0.2) is 0 Å². The highest BCUT2D eigenvalue weighted by Crippen LogP contribution is 2.23. The first-order valence-electron chi connectivity index (χ1n) is 8.57. The third-order valence-electron chi connectivity index (χ3n) is 4.54. The zero-order valence-corrected chi connectivity index (χ0v) is 14.7. The molecular weight excluding hydrogens is 318 g/mol. The Labute approximate surface area is 147 Å². The molecule has 0 spiro atoms. The molecule has 2 aromatic rings. The number of furan rings is 1. The molecule has 0 aliphatic carbocycles. The van der Waals surface area contributed by atoms with Gasteiger partial charge in [0.2, 0.25) is 0 Å². The first-order chi connectivity index (χ1) is 12.0. The van der Waals surface area contributed by atoms with Gasteiger partial charge in [-0.2, -0.15) is 0 Å². The number of anilines is 1. The standard InChI is InChI=1S/C19H25N3O3/c1-13-3-5-15(20)11-16(13)19(23)21-12-17(18-6-4-14(2)25-18)22-7-9-24-10-8-22/h3-6,11,17H,7-10,12,20H2,1-2H3,(H,21,23). The van der Waals surface area contributed by atoms with E-state index in [0.717, 1.165) is 30.2 Å². The van der Waals surface area contributed by atoms with Gasteiger partial charge in [0.1, 0.15) is 11.5 Å². The number of nitrogens with zero attached hydrogens (tertiary/aromatic N) is 1. The molecule has 0 saturated carbocycles. The van der Waals surface area contributed by atoms with Crippen molar-refractivity contribution in [2.45, 2.75) is 19.9 Å². The second-order valence-electron chi connectivity index (χ2n) is 6.40. The highest BCUT2D eigenvalue weighted by atomic mass is 16.5. The van der Waals surface area contributed by atoms with Gasteiger partial charge in [-0.05, 0) is 43.7 Å². The van der Waals surface area contributed by atoms with Crippen molar-refractivity contribution in [1.29, 1.82) is 0 Å². The van der Waals surface area contributed by atoms with Crippen molar-refractivity contribution in [3.63, 3.8) is 0 Å². The van der Waals surface area contributed by atoms with E-state index in [1.807, 2.05) is 32.0 Å². The van der Waals surface area contributed by atoms with Gasteiger partial charge in [-0.15, -0.1) is 0 Å². The zero-order chi connectivity index (χ0) is 17.8. The van der Waals surface area contributed by atoms with Crippen LogP contribution in [0.4, 0.5) is 5.69 Å². The number of morpholine rings is 1. The van der Waals surface area contributed by atoms with Crippen LogP contribution in [-0.2, 0) is 4.74 Å². The maximum absolute atomic E-state index is 12.6. The van der Waals surface area contributed by atoms with Gasteiger partial charge in [-0.1, -0.05) is 6.07 Å². The summed E-state index contributed by atoms with van der Waals surface area (Å²) in [6.07, 6.45) is 0. The predicted octanol–water partition coefficient (Wildman–Crippen LogP) is 2.28. The summed E-state index contributed by atoms with van der Waals surface area (Å²) in [6, 6.07) is 9.29. The molecule has 1 saturated heterocycles. The fraction of sp³-hybridized carbons (Fsp3) is 0.421. The Morgan fingerprint density at radius 3 is 2.68 bits per heavy atom. The van der Waals surface area contributed by atoms with E-state index in [1.54, 1.807) is 12.1 Å². The lowest BCUT2D eigenvalue weighted by Crippen LogP contribution is -2.43. The summed E-state index contributed by atoms with van der Waals surface area (Å²) < 4.78 is 11.3. The molecule has 1 atom stereocenters. The molecule has 1 fully saturated rings. The predicted molar refractivity (Wildman–Crippen MR) is 96.5 cm³/mol. The number of nitrogens with two attached hydrogens (primary N) is 1. The molecular formula is C19H25N3O3. The van der Waals surface area contributed by atoms with E-state index in [4.69, 9.17) is 14.9 Å². The van der Waals surface area contributed by atoms with Crippen LogP contribution >= 0.6 is 0 Å². The number of benzene rings is 1. The number of carbonyl (C=O) groups is 1. The first-order valence-corrected chi connectivity index (χ1v) is 8.57. The minimum absolute atomic E-state index is 0.0112. The fourth-order valence-corrected chi connectivity index (χ4v) is 3.10. The number of hydrogen-bond donors (Lipinski definition) is 2. The molecule has 3 rings (SSSR count). The average Bonchev–Trinajstić information content (AvgIpc) is 3.04. The Morgan fingerprint density at radius 1 is 1.24 bits per heavy atom. The van der Waals surface area contributed by atoms with Crippen LogP contribution in [0.1, 0.15) is 33.5 Å². The number of amides is 1. The van der Waals surface area contributed by atoms with Crippen LogP contribution in [0.5, 0.6) is 0 Å². The summed E-state index contributed by atoms with van der Waals surface area (Å²) in [6.45, 7) is 7.32. The molecule has 2 heterocycles. The molecule has 25 heavy (non-hydrogen) atoms. The molecule has 0 radical (unpaired) electrons. The number of aryl methyl sites for hydroxylation is 2. The number of hydrogen-bond acceptors (Lipinski definition) is 5. The smallest absolute Gasteiger partial charge is 0.251 e. The molecule has 134 valence electrons. The maximum Gasteiger partial charge on any atom is 0.251 e. The van der Waals surface area contributed by atoms with E-state index >= 15 is 0 Å². The Hall–Kier alpha value is -2.31. The molecule has 6 heteroatoms. The number of ether oxygens (including phenoxy) is 1. The van der Waals surface area contributed by atoms with Crippen molar-refractivity contribution >= 4 is 11.6 Å². The molecule has 1 amide bonds. The number of carbonyl (C=O) groups excluding carboxylic acids is 1. The highest BCUT2D eigenvalue weighted by molar-refractivity contribution is 5.96. The van der Waals surface area contributed by atoms with Crippen molar-refractivity contribution in [2.24, 2.45) is 0 Å². The van der Waals surface area contributed by atoms with Gasteiger partial charge in [0, 0.05) is 30.9 Å². The summed E-state index contributed by atoms with van der Waals surface area (Å²) in [5, 5.41) is 3.04. The molecule has 1 aromatic carbocycles. The largest absolute Gasteiger partial charge is 0.465 e. The van der Waals surface area contributed by atoms with Crippen LogP contribution in [0.3, 0.4) is 0 Å². The summed E-state index contributed by atoms with van der Waals surface area (Å²) >= 11 is 0. The molecule has 6 nitrogen and oxygen atoms in total. The van der Waals surface area contributed by atoms with Crippen LogP contribution in [0.2, 0.25) is 0 Å². The van der Waals surface area contributed by atoms with Crippen LogP contribution < -0.4 is 11.1 Å². The summed E-state index contributed by atoms with van der Waals surface area (Å²) in [5.74, 6) is 1.61. The van der Waals surface area contributed by atoms with Gasteiger partial charge < -0.3 is 20.2 Å². The minimum Gasteiger partial charge on any atom is -0.465 e. The Morgan fingerprint density at radius 2 is 2.00 bits per heavy atom. The van der Waals surface area contributed by atoms with Crippen molar-refractivity contribution in [1.82, 2.24) is 10.2 Å². The van der Waals surface area contributed by atoms with E-state index in [-0.39, 0.29) is 11.9 Å². The Balaban J connectivity index is 1.73. The molecule has 1 unspecified atom stereocenters. The fourth-order valence-electron chi connectivity index (χ4n) is 3.10. The molecule has 1 aromatic heterocycles. The van der Waals surface area contributed by atoms with E-state index in [9.17, 15) is 4.79 Å². The topological polar surface area (TPSA) is 80.7 Å². The van der Waals surface area contributed by atoms with Crippen LogP contribution in [-0.4, -0.2) is 43.7 Å². The lowest BCUT2D eigenvalue weighted by Gasteiger charge is -2.33. The van der Waals surface area contributed by atoms with Gasteiger partial charge in [0.25, 0.3) is 5.91 Å². The first kappa shape index (κ1) is 17.5. The number of nitrogens with one attached hydrogen (secondary N) is 1. The van der Waals surface area contributed by atoms with E-state index in [1.165, 1.54) is 0 Å². The second kappa shape index (κ2) is 7.72. The summed E-state index contributed by atoms with van der Waals surface area (Å²) in [7, 11) is 0. The third kappa shape index (κ3) is 4.21. The lowest BCUT2D eigenvalue weighted by molar-refractivity contribution is 0.0117. The Bertz CT molecular complexity index is 735. The van der Waals surface area contributed by atoms with Gasteiger partial charge in [-0.25, -0.2) is 0 Å². The average molecular weight is 343 g/mol. The number of nitrogen functional groups attached to an aromatic ring is 1. The zero-order valence-electron chi connectivity index (χ0n) is 14.7. The number of rotatable bonds is 5. The van der Waals surface area contributed by atoms with Gasteiger partial charge in [-0.3, -0.25) is 9.69 Å². The normalized spacial score (nSPS) is 16.6. The highest BCUT2D eigenvalue weighted by Gasteiger charge is 2.26. The van der Waals surface area contributed by atoms with Crippen LogP contribution in [0, 0.1) is 13.8 Å². The Kier molecular flexibility index (Phi) is 5.40. The summed E-state index contributed by atoms with van der Waals surface area (Å²) in [4.78, 5) is 14.9. The van der Waals surface area contributed by atoms with Crippen molar-refractivity contribution < 1.29 is 13.9 Å². The van der Waals surface area contributed by atoms with Gasteiger partial charge in [0.05, 0.1) is 19.3 Å². The SMILES string of the molecule is Cc1ccc(C(CNC(=O)c2cc(N)ccc2C)N2CCOCC2)o1. The van der Waals surface area contributed by atoms with E-state index in [0.29, 0.717) is 31.0 Å². The minimum atomic E-state index is -0.119. The van der Waals surface area contributed by atoms with Gasteiger partial charge >= 0.3 is 0 Å². The molecule has 1 aliphatic rings. The summed E-state index contributed by atoms with van der Waals surface area (Å²) in [5.41, 5.74) is 7.91. The maximum atomic E-state index is 12.6. The molecule has 3 N–H and O–H groups in total. The molecule has 0 bridgehead atoms. The lowest BCUT2D eigenvalue weighted by atomic mass is 10.1. The van der Waals surface area contributed by atoms with Crippen molar-refractivity contribution in [2.75, 3.05) is 38.6 Å². The van der Waals surface area contributed by atoms with Crippen LogP contribution in [0.15, 0.2) is 34.7 Å². The van der Waals surface area contributed by atoms with E-state index < -0.39 is 0 Å². The second-order valence-corrected chi connectivity index (χ2v) is 6.40. The van der Waals surface area contributed by atoms with Crippen molar-refractivity contribution in [3.05, 3.63) is 53.0 Å². The monoisotopic (exact) mass is 343 g/mol. The van der Waals surface area contributed by atoms with Crippen molar-refractivity contribution in [3.8, 4) is 0 Å².